The van der Waals surface area contributed by atoms with Gasteiger partial charge in [-0.05, 0) is 18.2 Å². The maximum atomic E-state index is 11.9. The van der Waals surface area contributed by atoms with Gasteiger partial charge in [0.1, 0.15) is 6.10 Å². The van der Waals surface area contributed by atoms with Gasteiger partial charge in [0.15, 0.2) is 0 Å². The summed E-state index contributed by atoms with van der Waals surface area (Å²) in [7, 11) is 1.29. The zero-order valence-corrected chi connectivity index (χ0v) is 12.0. The van der Waals surface area contributed by atoms with Crippen molar-refractivity contribution in [2.24, 2.45) is 0 Å². The number of hydrogen-bond acceptors (Lipinski definition) is 5. The van der Waals surface area contributed by atoms with Gasteiger partial charge < -0.3 is 9.47 Å². The molecule has 0 saturated carbocycles. The number of rotatable bonds is 3. The predicted octanol–water partition coefficient (Wildman–Crippen LogP) is 2.21. The number of hydrogen-bond donors (Lipinski definition) is 0. The van der Waals surface area contributed by atoms with E-state index < -0.39 is 15.0 Å². The highest BCUT2D eigenvalue weighted by Gasteiger charge is 2.23. The quantitative estimate of drug-likeness (QED) is 0.629. The lowest BCUT2D eigenvalue weighted by molar-refractivity contribution is 0.0270. The van der Waals surface area contributed by atoms with Gasteiger partial charge in [-0.2, -0.15) is 0 Å². The van der Waals surface area contributed by atoms with E-state index in [0.717, 1.165) is 6.07 Å². The molecule has 0 radical (unpaired) electrons. The molecule has 8 heteroatoms. The summed E-state index contributed by atoms with van der Waals surface area (Å²) < 4.78 is 32.7. The van der Waals surface area contributed by atoms with Crippen LogP contribution in [-0.4, -0.2) is 33.7 Å². The van der Waals surface area contributed by atoms with Gasteiger partial charge in [-0.15, -0.1) is 0 Å². The van der Waals surface area contributed by atoms with Crippen molar-refractivity contribution in [3.8, 4) is 0 Å². The minimum absolute atomic E-state index is 0.0321. The first-order valence-electron chi connectivity index (χ1n) is 5.41. The van der Waals surface area contributed by atoms with E-state index in [1.807, 2.05) is 0 Å². The molecular weight excluding hydrogens is 315 g/mol. The number of ether oxygens (including phenoxy) is 2. The standard InChI is InChI=1S/C11H10Cl2O5S/c12-10-2-1-8(19(13,15)16)5-9(10)11(14)18-7-3-4-17-6-7/h1-2,5,7H,3-4,6H2. The summed E-state index contributed by atoms with van der Waals surface area (Å²) in [6.07, 6.45) is 0.275. The fourth-order valence-electron chi connectivity index (χ4n) is 1.63. The van der Waals surface area contributed by atoms with E-state index in [9.17, 15) is 13.2 Å². The summed E-state index contributed by atoms with van der Waals surface area (Å²) in [6, 6.07) is 3.61. The lowest BCUT2D eigenvalue weighted by Crippen LogP contribution is -2.18. The molecule has 1 saturated heterocycles. The van der Waals surface area contributed by atoms with E-state index in [4.69, 9.17) is 31.8 Å². The molecule has 19 heavy (non-hydrogen) atoms. The fourth-order valence-corrected chi connectivity index (χ4v) is 2.61. The summed E-state index contributed by atoms with van der Waals surface area (Å²) in [5.41, 5.74) is -0.0321. The van der Waals surface area contributed by atoms with Crippen molar-refractivity contribution >= 4 is 37.3 Å². The Bertz CT molecular complexity index is 593. The molecule has 1 fully saturated rings. The Balaban J connectivity index is 2.25. The molecular formula is C11H10Cl2O5S. The molecule has 0 N–H and O–H groups in total. The van der Waals surface area contributed by atoms with Crippen molar-refractivity contribution in [1.29, 1.82) is 0 Å². The summed E-state index contributed by atoms with van der Waals surface area (Å²) in [5, 5.41) is 0.105. The molecule has 1 unspecified atom stereocenters. The zero-order valence-electron chi connectivity index (χ0n) is 9.64. The van der Waals surface area contributed by atoms with Crippen LogP contribution in [0.4, 0.5) is 0 Å². The van der Waals surface area contributed by atoms with Crippen LogP contribution in [0.5, 0.6) is 0 Å². The molecule has 1 aliphatic heterocycles. The van der Waals surface area contributed by atoms with Crippen LogP contribution in [0, 0.1) is 0 Å². The van der Waals surface area contributed by atoms with Crippen molar-refractivity contribution in [2.75, 3.05) is 13.2 Å². The van der Waals surface area contributed by atoms with Gasteiger partial charge >= 0.3 is 5.97 Å². The molecule has 104 valence electrons. The van der Waals surface area contributed by atoms with E-state index in [2.05, 4.69) is 0 Å². The normalized spacial score (nSPS) is 19.4. The second-order valence-corrected chi connectivity index (χ2v) is 6.94. The smallest absolute Gasteiger partial charge is 0.340 e. The van der Waals surface area contributed by atoms with Gasteiger partial charge in [0.05, 0.1) is 28.7 Å². The Hall–Kier alpha value is -0.820. The molecule has 0 bridgehead atoms. The van der Waals surface area contributed by atoms with Gasteiger partial charge in [-0.3, -0.25) is 0 Å². The molecule has 5 nitrogen and oxygen atoms in total. The average molecular weight is 325 g/mol. The van der Waals surface area contributed by atoms with Crippen molar-refractivity contribution in [2.45, 2.75) is 17.4 Å². The average Bonchev–Trinajstić information content (AvgIpc) is 2.80. The first-order chi connectivity index (χ1) is 8.88. The second kappa shape index (κ2) is 5.66. The molecule has 0 aromatic heterocycles. The van der Waals surface area contributed by atoms with Crippen molar-refractivity contribution in [3.05, 3.63) is 28.8 Å². The van der Waals surface area contributed by atoms with E-state index >= 15 is 0 Å². The number of halogens is 2. The third-order valence-electron chi connectivity index (χ3n) is 2.60. The topological polar surface area (TPSA) is 69.7 Å². The fraction of sp³-hybridized carbons (Fsp3) is 0.364. The highest BCUT2D eigenvalue weighted by Crippen LogP contribution is 2.24. The van der Waals surface area contributed by atoms with Crippen molar-refractivity contribution < 1.29 is 22.7 Å². The lowest BCUT2D eigenvalue weighted by Gasteiger charge is -2.11. The Morgan fingerprint density at radius 2 is 2.16 bits per heavy atom. The molecule has 2 rings (SSSR count). The summed E-state index contributed by atoms with van der Waals surface area (Å²) in [6.45, 7) is 0.860. The third-order valence-corrected chi connectivity index (χ3v) is 4.28. The second-order valence-electron chi connectivity index (χ2n) is 3.97. The summed E-state index contributed by atoms with van der Waals surface area (Å²) >= 11 is 5.86. The number of esters is 1. The van der Waals surface area contributed by atoms with Crippen LogP contribution in [0.2, 0.25) is 5.02 Å². The first kappa shape index (κ1) is 14.6. The lowest BCUT2D eigenvalue weighted by atomic mass is 10.2. The number of benzene rings is 1. The van der Waals surface area contributed by atoms with E-state index in [1.54, 1.807) is 0 Å². The summed E-state index contributed by atoms with van der Waals surface area (Å²) in [4.78, 5) is 11.7. The maximum absolute atomic E-state index is 11.9. The van der Waals surface area contributed by atoms with Crippen LogP contribution in [0.3, 0.4) is 0 Å². The number of carbonyl (C=O) groups is 1. The van der Waals surface area contributed by atoms with Gasteiger partial charge in [-0.25, -0.2) is 13.2 Å². The minimum atomic E-state index is -3.92. The van der Waals surface area contributed by atoms with Crippen LogP contribution < -0.4 is 0 Å². The van der Waals surface area contributed by atoms with Crippen LogP contribution in [0.25, 0.3) is 0 Å². The van der Waals surface area contributed by atoms with E-state index in [1.165, 1.54) is 12.1 Å². The van der Waals surface area contributed by atoms with Gasteiger partial charge in [0, 0.05) is 17.1 Å². The van der Waals surface area contributed by atoms with Crippen LogP contribution in [-0.2, 0) is 18.5 Å². The first-order valence-corrected chi connectivity index (χ1v) is 8.09. The molecule has 1 aliphatic rings. The van der Waals surface area contributed by atoms with Gasteiger partial charge in [-0.1, -0.05) is 11.6 Å². The molecule has 1 aromatic rings. The summed E-state index contributed by atoms with van der Waals surface area (Å²) in [5.74, 6) is -0.692. The third kappa shape index (κ3) is 3.60. The van der Waals surface area contributed by atoms with Crippen molar-refractivity contribution in [3.63, 3.8) is 0 Å². The molecule has 0 aliphatic carbocycles. The Labute approximate surface area is 119 Å². The Morgan fingerprint density at radius 3 is 2.74 bits per heavy atom. The minimum Gasteiger partial charge on any atom is -0.456 e. The molecule has 1 atom stereocenters. The Morgan fingerprint density at radius 1 is 1.42 bits per heavy atom. The zero-order chi connectivity index (χ0) is 14.0. The van der Waals surface area contributed by atoms with Gasteiger partial charge in [0.2, 0.25) is 0 Å². The number of carbonyl (C=O) groups excluding carboxylic acids is 1. The monoisotopic (exact) mass is 324 g/mol. The highest BCUT2D eigenvalue weighted by atomic mass is 35.7. The largest absolute Gasteiger partial charge is 0.456 e. The van der Waals surface area contributed by atoms with Crippen LogP contribution >= 0.6 is 22.3 Å². The van der Waals surface area contributed by atoms with Crippen molar-refractivity contribution in [1.82, 2.24) is 0 Å². The van der Waals surface area contributed by atoms with Gasteiger partial charge in [0.25, 0.3) is 9.05 Å². The van der Waals surface area contributed by atoms with E-state index in [0.29, 0.717) is 19.6 Å². The molecule has 0 amide bonds. The Kier molecular flexibility index (Phi) is 4.35. The highest BCUT2D eigenvalue weighted by molar-refractivity contribution is 8.13. The molecule has 0 spiro atoms. The predicted molar refractivity (Wildman–Crippen MR) is 69.1 cm³/mol. The molecule has 1 heterocycles. The van der Waals surface area contributed by atoms with Crippen LogP contribution in [0.15, 0.2) is 23.1 Å². The molecule has 1 aromatic carbocycles. The SMILES string of the molecule is O=C(OC1CCOC1)c1cc(S(=O)(=O)Cl)ccc1Cl. The van der Waals surface area contributed by atoms with E-state index in [-0.39, 0.29) is 21.6 Å². The maximum Gasteiger partial charge on any atom is 0.340 e. The van der Waals surface area contributed by atoms with Crippen LogP contribution in [0.1, 0.15) is 16.8 Å².